The lowest BCUT2D eigenvalue weighted by molar-refractivity contribution is 0.311. The fraction of sp³-hybridized carbons (Fsp3) is 0.333. The molecule has 11 heteroatoms. The van der Waals surface area contributed by atoms with Gasteiger partial charge in [0, 0.05) is 59.9 Å². The number of pyridine rings is 1. The van der Waals surface area contributed by atoms with Gasteiger partial charge in [0.15, 0.2) is 0 Å². The summed E-state index contributed by atoms with van der Waals surface area (Å²) in [5.74, 6) is 0.439. The Bertz CT molecular complexity index is 1250. The highest BCUT2D eigenvalue weighted by Crippen LogP contribution is 2.45. The van der Waals surface area contributed by atoms with Crippen LogP contribution in [0.3, 0.4) is 0 Å². The van der Waals surface area contributed by atoms with E-state index in [0.717, 1.165) is 46.3 Å². The zero-order valence-corrected chi connectivity index (χ0v) is 19.1. The number of hydrogen-bond acceptors (Lipinski definition) is 9. The first-order valence-corrected chi connectivity index (χ1v) is 12.4. The van der Waals surface area contributed by atoms with Crippen LogP contribution in [-0.2, 0) is 18.2 Å². The molecule has 4 aromatic rings. The zero-order valence-electron chi connectivity index (χ0n) is 17.5. The summed E-state index contributed by atoms with van der Waals surface area (Å²) >= 11 is 0.277. The minimum atomic E-state index is -1.13. The first-order valence-electron chi connectivity index (χ1n) is 10.4. The van der Waals surface area contributed by atoms with Crippen LogP contribution >= 0.6 is 11.3 Å². The van der Waals surface area contributed by atoms with E-state index in [4.69, 9.17) is 15.8 Å². The lowest BCUT2D eigenvalue weighted by atomic mass is 10.0. The third-order valence-electron chi connectivity index (χ3n) is 5.64. The van der Waals surface area contributed by atoms with Gasteiger partial charge in [0.1, 0.15) is 15.8 Å². The Kier molecular flexibility index (Phi) is 5.72. The summed E-state index contributed by atoms with van der Waals surface area (Å²) in [5, 5.41) is 17.2. The highest BCUT2D eigenvalue weighted by Gasteiger charge is 2.35. The van der Waals surface area contributed by atoms with Crippen molar-refractivity contribution in [1.82, 2.24) is 24.7 Å². The van der Waals surface area contributed by atoms with Crippen LogP contribution in [0, 0.1) is 0 Å². The number of aryl methyl sites for hydroxylation is 1. The topological polar surface area (TPSA) is 138 Å². The van der Waals surface area contributed by atoms with E-state index in [2.05, 4.69) is 20.4 Å². The Morgan fingerprint density at radius 1 is 1.34 bits per heavy atom. The number of aromatic nitrogens is 5. The molecule has 0 radical (unpaired) electrons. The quantitative estimate of drug-likeness (QED) is 0.351. The number of nitrogens with zero attached hydrogens (tertiary/aromatic N) is 5. The predicted octanol–water partition coefficient (Wildman–Crippen LogP) is 2.80. The van der Waals surface area contributed by atoms with Gasteiger partial charge in [0.2, 0.25) is 10.2 Å². The van der Waals surface area contributed by atoms with Crippen LogP contribution in [0.2, 0.25) is 0 Å². The van der Waals surface area contributed by atoms with Crippen molar-refractivity contribution in [2.24, 2.45) is 7.05 Å². The summed E-state index contributed by atoms with van der Waals surface area (Å²) in [6.07, 6.45) is 8.19. The smallest absolute Gasteiger partial charge is 0.232 e. The number of rotatable bonds is 7. The Morgan fingerprint density at radius 3 is 2.75 bits per heavy atom. The maximum absolute atomic E-state index is 13.1. The van der Waals surface area contributed by atoms with E-state index in [0.29, 0.717) is 28.1 Å². The van der Waals surface area contributed by atoms with Gasteiger partial charge < -0.3 is 20.7 Å². The Morgan fingerprint density at radius 2 is 2.12 bits per heavy atom. The molecule has 4 heterocycles. The summed E-state index contributed by atoms with van der Waals surface area (Å²) < 4.78 is 15.6. The first-order chi connectivity index (χ1) is 15.6. The maximum Gasteiger partial charge on any atom is 0.232 e. The molecular formula is C21H23N7O2S2. The van der Waals surface area contributed by atoms with E-state index in [1.807, 2.05) is 19.2 Å². The van der Waals surface area contributed by atoms with Crippen LogP contribution in [0.25, 0.3) is 32.7 Å². The van der Waals surface area contributed by atoms with Crippen LogP contribution in [0.4, 0.5) is 11.6 Å². The van der Waals surface area contributed by atoms with Crippen LogP contribution in [0.5, 0.6) is 0 Å². The van der Waals surface area contributed by atoms with Gasteiger partial charge in [0.25, 0.3) is 0 Å². The number of thiophene rings is 1. The van der Waals surface area contributed by atoms with Gasteiger partial charge in [-0.1, -0.05) is 11.3 Å². The van der Waals surface area contributed by atoms with Crippen molar-refractivity contribution in [3.63, 3.8) is 0 Å². The molecule has 1 aliphatic rings. The van der Waals surface area contributed by atoms with E-state index in [9.17, 15) is 4.55 Å². The second-order valence-corrected chi connectivity index (χ2v) is 10.6. The molecule has 1 saturated carbocycles. The number of anilines is 2. The van der Waals surface area contributed by atoms with Crippen LogP contribution in [0.15, 0.2) is 34.9 Å². The van der Waals surface area contributed by atoms with Crippen molar-refractivity contribution in [2.45, 2.75) is 28.7 Å². The fourth-order valence-corrected chi connectivity index (χ4v) is 6.90. The van der Waals surface area contributed by atoms with Gasteiger partial charge in [0.05, 0.1) is 18.0 Å². The highest BCUT2D eigenvalue weighted by atomic mass is 32.2. The largest absolute Gasteiger partial charge is 0.611 e. The second kappa shape index (κ2) is 8.66. The number of nitrogens with two attached hydrogens (primary N) is 1. The maximum atomic E-state index is 13.1. The van der Waals surface area contributed by atoms with Crippen molar-refractivity contribution >= 4 is 44.4 Å². The monoisotopic (exact) mass is 469 g/mol. The molecule has 0 aromatic carbocycles. The van der Waals surface area contributed by atoms with Crippen LogP contribution in [0.1, 0.15) is 19.3 Å². The summed E-state index contributed by atoms with van der Waals surface area (Å²) in [4.78, 5) is 14.2. The molecule has 0 saturated heterocycles. The summed E-state index contributed by atoms with van der Waals surface area (Å²) in [7, 11) is 1.88. The number of nitrogens with one attached hydrogen (secondary N) is 1. The van der Waals surface area contributed by atoms with E-state index in [-0.39, 0.29) is 11.9 Å². The molecule has 5 rings (SSSR count). The molecule has 0 aliphatic heterocycles. The molecule has 1 atom stereocenters. The summed E-state index contributed by atoms with van der Waals surface area (Å²) in [6.45, 7) is 0.380. The Hall–Kier alpha value is -2.73. The van der Waals surface area contributed by atoms with Gasteiger partial charge in [-0.2, -0.15) is 5.10 Å². The molecule has 32 heavy (non-hydrogen) atoms. The molecule has 1 fully saturated rings. The minimum Gasteiger partial charge on any atom is -0.611 e. The lowest BCUT2D eigenvalue weighted by Gasteiger charge is -2.27. The molecule has 0 amide bonds. The van der Waals surface area contributed by atoms with Crippen molar-refractivity contribution in [3.8, 4) is 22.5 Å². The number of nitrogen functional groups attached to an aromatic ring is 1. The predicted molar refractivity (Wildman–Crippen MR) is 127 cm³/mol. The molecular weight excluding hydrogens is 446 g/mol. The van der Waals surface area contributed by atoms with Crippen molar-refractivity contribution in [2.75, 3.05) is 24.2 Å². The standard InChI is InChI=1S/C21H23N7O2S2/c1-28-16(5-6-26-28)14-9-15(12-10-24-21(25-11-12)23-7-8-29)27-19-17(14)18(22)20(31-19)32(30)13-3-2-4-13/h5-6,9-11,13,29H,2-4,7-8,22H2,1H3,(H,23,24,25)/t32-/m0/s1. The van der Waals surface area contributed by atoms with E-state index >= 15 is 0 Å². The van der Waals surface area contributed by atoms with Crippen molar-refractivity contribution in [1.29, 1.82) is 0 Å². The number of hydrogen-bond donors (Lipinski definition) is 3. The van der Waals surface area contributed by atoms with Gasteiger partial charge in [-0.05, 0) is 31.4 Å². The number of aliphatic hydroxyl groups excluding tert-OH is 1. The molecule has 4 N–H and O–H groups in total. The third kappa shape index (κ3) is 3.71. The molecule has 1 aliphatic carbocycles. The SMILES string of the molecule is Cn1nccc1-c1cc(-c2cnc(NCCO)nc2)nc2sc([S@@+]([O-])C3CCC3)c(N)c12. The van der Waals surface area contributed by atoms with E-state index in [1.165, 1.54) is 11.3 Å². The molecule has 0 bridgehead atoms. The highest BCUT2D eigenvalue weighted by molar-refractivity contribution is 7.94. The third-order valence-corrected chi connectivity index (χ3v) is 8.94. The minimum absolute atomic E-state index is 0.00174. The Balaban J connectivity index is 1.64. The van der Waals surface area contributed by atoms with Gasteiger partial charge >= 0.3 is 0 Å². The van der Waals surface area contributed by atoms with Crippen molar-refractivity contribution < 1.29 is 9.66 Å². The second-order valence-electron chi connectivity index (χ2n) is 7.67. The Labute approximate surface area is 191 Å². The molecule has 0 unspecified atom stereocenters. The molecule has 166 valence electrons. The van der Waals surface area contributed by atoms with Crippen LogP contribution in [-0.4, -0.2) is 52.8 Å². The molecule has 9 nitrogen and oxygen atoms in total. The van der Waals surface area contributed by atoms with Gasteiger partial charge in [-0.15, -0.1) is 0 Å². The van der Waals surface area contributed by atoms with Gasteiger partial charge in [-0.25, -0.2) is 15.0 Å². The summed E-state index contributed by atoms with van der Waals surface area (Å²) in [5.41, 5.74) is 10.3. The van der Waals surface area contributed by atoms with Crippen molar-refractivity contribution in [3.05, 3.63) is 30.7 Å². The fourth-order valence-electron chi connectivity index (χ4n) is 3.69. The molecule has 4 aromatic heterocycles. The summed E-state index contributed by atoms with van der Waals surface area (Å²) in [6, 6.07) is 3.88. The molecule has 0 spiro atoms. The average Bonchev–Trinajstić information content (AvgIpc) is 3.34. The van der Waals surface area contributed by atoms with Crippen LogP contribution < -0.4 is 11.1 Å². The van der Waals surface area contributed by atoms with Gasteiger partial charge in [-0.3, -0.25) is 4.68 Å². The first kappa shape index (κ1) is 21.1. The zero-order chi connectivity index (χ0) is 22.2. The van der Waals surface area contributed by atoms with E-state index < -0.39 is 11.2 Å². The average molecular weight is 470 g/mol. The number of fused-ring (bicyclic) bond motifs is 1. The number of aliphatic hydroxyl groups is 1. The lowest BCUT2D eigenvalue weighted by Crippen LogP contribution is -2.28. The van der Waals surface area contributed by atoms with E-state index in [1.54, 1.807) is 23.3 Å². The normalized spacial score (nSPS) is 15.1.